The Morgan fingerprint density at radius 2 is 1.59 bits per heavy atom. The van der Waals surface area contributed by atoms with E-state index in [0.717, 1.165) is 17.4 Å². The molecule has 2 aromatic carbocycles. The monoisotopic (exact) mass is 312 g/mol. The first kappa shape index (κ1) is 14.7. The number of carbonyl (C=O) groups excluding carboxylic acids is 2. The predicted octanol–water partition coefficient (Wildman–Crippen LogP) is 3.74. The summed E-state index contributed by atoms with van der Waals surface area (Å²) in [5.74, 6) is -0.188. The van der Waals surface area contributed by atoms with Crippen LogP contribution in [0.15, 0.2) is 60.7 Å². The minimum atomic E-state index is -0.514. The number of hydrogen-bond acceptors (Lipinski definition) is 4. The van der Waals surface area contributed by atoms with Gasteiger partial charge < -0.3 is 4.90 Å². The zero-order valence-corrected chi connectivity index (χ0v) is 13.0. The molecule has 3 rings (SSSR count). The first-order valence-corrected chi connectivity index (χ1v) is 8.01. The van der Waals surface area contributed by atoms with Crippen molar-refractivity contribution >= 4 is 34.3 Å². The van der Waals surface area contributed by atoms with Crippen molar-refractivity contribution in [2.75, 3.05) is 16.3 Å². The van der Waals surface area contributed by atoms with Crippen LogP contribution in [-0.2, 0) is 4.79 Å². The van der Waals surface area contributed by atoms with Gasteiger partial charge in [-0.3, -0.25) is 9.59 Å². The molecule has 0 N–H and O–H groups in total. The van der Waals surface area contributed by atoms with Gasteiger partial charge in [0, 0.05) is 12.2 Å². The van der Waals surface area contributed by atoms with Gasteiger partial charge in [0.2, 0.25) is 0 Å². The minimum Gasteiger partial charge on any atom is -0.351 e. The average molecular weight is 312 g/mol. The van der Waals surface area contributed by atoms with E-state index in [1.165, 1.54) is 4.90 Å². The molecule has 0 saturated carbocycles. The summed E-state index contributed by atoms with van der Waals surface area (Å²) in [6, 6.07) is 18.8. The number of carbonyl (C=O) groups is 2. The molecule has 1 aliphatic rings. The topological polar surface area (TPSA) is 40.6 Å². The van der Waals surface area contributed by atoms with Gasteiger partial charge in [-0.15, -0.1) is 0 Å². The Kier molecular flexibility index (Phi) is 4.15. The second-order valence-electron chi connectivity index (χ2n) is 4.87. The highest BCUT2D eigenvalue weighted by atomic mass is 32.2. The third-order valence-electron chi connectivity index (χ3n) is 3.55. The fourth-order valence-electron chi connectivity index (χ4n) is 2.51. The van der Waals surface area contributed by atoms with Crippen molar-refractivity contribution in [3.63, 3.8) is 0 Å². The van der Waals surface area contributed by atoms with E-state index in [4.69, 9.17) is 0 Å². The van der Waals surface area contributed by atoms with Gasteiger partial charge in [0.15, 0.2) is 5.37 Å². The second-order valence-corrected chi connectivity index (χ2v) is 5.90. The summed E-state index contributed by atoms with van der Waals surface area (Å²) in [5, 5.41) is -0.740. The molecule has 0 unspecified atom stereocenters. The predicted molar refractivity (Wildman–Crippen MR) is 90.2 cm³/mol. The van der Waals surface area contributed by atoms with Gasteiger partial charge in [-0.25, -0.2) is 4.90 Å². The van der Waals surface area contributed by atoms with Gasteiger partial charge in [0.1, 0.15) is 0 Å². The molecule has 1 aliphatic heterocycles. The van der Waals surface area contributed by atoms with Crippen LogP contribution < -0.4 is 9.80 Å². The number of para-hydroxylation sites is 2. The van der Waals surface area contributed by atoms with Gasteiger partial charge in [0.25, 0.3) is 11.1 Å². The van der Waals surface area contributed by atoms with Crippen molar-refractivity contribution in [1.82, 2.24) is 0 Å². The fraction of sp³-hybridized carbons (Fsp3) is 0.176. The first-order valence-electron chi connectivity index (χ1n) is 7.13. The number of thioether (sulfide) groups is 1. The number of nitrogens with zero attached hydrogens (tertiary/aromatic N) is 2. The van der Waals surface area contributed by atoms with E-state index < -0.39 is 5.37 Å². The maximum atomic E-state index is 12.7. The molecule has 4 nitrogen and oxygen atoms in total. The van der Waals surface area contributed by atoms with Crippen LogP contribution in [0.1, 0.15) is 6.92 Å². The quantitative estimate of drug-likeness (QED) is 0.862. The summed E-state index contributed by atoms with van der Waals surface area (Å²) < 4.78 is 0. The number of likely N-dealkylation sites (N-methyl/N-ethyl adjacent to an activating group) is 1. The fourth-order valence-corrected chi connectivity index (χ4v) is 3.60. The summed E-state index contributed by atoms with van der Waals surface area (Å²) in [4.78, 5) is 28.2. The van der Waals surface area contributed by atoms with Gasteiger partial charge >= 0.3 is 0 Å². The van der Waals surface area contributed by atoms with E-state index in [1.54, 1.807) is 12.1 Å². The van der Waals surface area contributed by atoms with E-state index in [-0.39, 0.29) is 11.1 Å². The molecule has 5 heteroatoms. The molecule has 1 fully saturated rings. The Morgan fingerprint density at radius 1 is 1.00 bits per heavy atom. The number of anilines is 2. The Labute approximate surface area is 133 Å². The minimum absolute atomic E-state index is 0.188. The third-order valence-corrected chi connectivity index (χ3v) is 4.62. The molecule has 0 radical (unpaired) electrons. The summed E-state index contributed by atoms with van der Waals surface area (Å²) in [7, 11) is 0. The zero-order chi connectivity index (χ0) is 15.5. The molecule has 22 heavy (non-hydrogen) atoms. The molecule has 1 heterocycles. The van der Waals surface area contributed by atoms with Gasteiger partial charge in [-0.05, 0) is 43.0 Å². The van der Waals surface area contributed by atoms with Crippen molar-refractivity contribution in [2.45, 2.75) is 12.3 Å². The molecule has 0 bridgehead atoms. The van der Waals surface area contributed by atoms with Crippen LogP contribution in [0.2, 0.25) is 0 Å². The van der Waals surface area contributed by atoms with E-state index in [2.05, 4.69) is 0 Å². The van der Waals surface area contributed by atoms with Crippen LogP contribution in [0.5, 0.6) is 0 Å². The standard InChI is InChI=1S/C17H16N2O2S/c1-2-18(13-9-5-3-6-10-13)16-15(20)19(17(21)22-16)14-11-7-4-8-12-14/h3-12,16H,2H2,1H3/t16-/m1/s1. The Balaban J connectivity index is 1.90. The van der Waals surface area contributed by atoms with E-state index in [0.29, 0.717) is 12.2 Å². The Hall–Kier alpha value is -2.27. The maximum Gasteiger partial charge on any atom is 0.295 e. The molecular formula is C17H16N2O2S. The van der Waals surface area contributed by atoms with Crippen LogP contribution in [0.4, 0.5) is 16.2 Å². The van der Waals surface area contributed by atoms with E-state index >= 15 is 0 Å². The van der Waals surface area contributed by atoms with Gasteiger partial charge in [0.05, 0.1) is 5.69 Å². The maximum absolute atomic E-state index is 12.7. The molecular weight excluding hydrogens is 296 g/mol. The van der Waals surface area contributed by atoms with Gasteiger partial charge in [-0.2, -0.15) is 0 Å². The molecule has 0 aliphatic carbocycles. The van der Waals surface area contributed by atoms with E-state index in [1.807, 2.05) is 60.4 Å². The normalized spacial score (nSPS) is 17.9. The number of hydrogen-bond donors (Lipinski definition) is 0. The molecule has 2 amide bonds. The zero-order valence-electron chi connectivity index (χ0n) is 12.2. The summed E-state index contributed by atoms with van der Waals surface area (Å²) in [6.45, 7) is 2.64. The lowest BCUT2D eigenvalue weighted by atomic mass is 10.2. The highest BCUT2D eigenvalue weighted by molar-refractivity contribution is 8.16. The molecule has 2 aromatic rings. The van der Waals surface area contributed by atoms with Gasteiger partial charge in [-0.1, -0.05) is 36.4 Å². The van der Waals surface area contributed by atoms with Crippen molar-refractivity contribution < 1.29 is 9.59 Å². The van der Waals surface area contributed by atoms with Crippen molar-refractivity contribution in [3.8, 4) is 0 Å². The SMILES string of the molecule is CCN(c1ccccc1)[C@@H]1SC(=O)N(c2ccccc2)C1=O. The summed E-state index contributed by atoms with van der Waals surface area (Å²) >= 11 is 1.07. The van der Waals surface area contributed by atoms with E-state index in [9.17, 15) is 9.59 Å². The largest absolute Gasteiger partial charge is 0.351 e. The van der Waals surface area contributed by atoms with Crippen LogP contribution in [0.25, 0.3) is 0 Å². The van der Waals surface area contributed by atoms with Crippen LogP contribution in [0.3, 0.4) is 0 Å². The lowest BCUT2D eigenvalue weighted by Gasteiger charge is -2.27. The molecule has 0 aromatic heterocycles. The van der Waals surface area contributed by atoms with Crippen molar-refractivity contribution in [1.29, 1.82) is 0 Å². The number of amides is 2. The molecule has 1 atom stereocenters. The van der Waals surface area contributed by atoms with Crippen molar-refractivity contribution in [2.24, 2.45) is 0 Å². The lowest BCUT2D eigenvalue weighted by molar-refractivity contribution is -0.117. The Bertz CT molecular complexity index is 676. The average Bonchev–Trinajstić information content (AvgIpc) is 2.85. The molecule has 112 valence electrons. The highest BCUT2D eigenvalue weighted by Crippen LogP contribution is 2.35. The van der Waals surface area contributed by atoms with Crippen molar-refractivity contribution in [3.05, 3.63) is 60.7 Å². The lowest BCUT2D eigenvalue weighted by Crippen LogP contribution is -2.41. The van der Waals surface area contributed by atoms with Crippen LogP contribution in [0, 0.1) is 0 Å². The summed E-state index contributed by atoms with van der Waals surface area (Å²) in [5.41, 5.74) is 1.56. The first-order chi connectivity index (χ1) is 10.7. The second kappa shape index (κ2) is 6.23. The smallest absolute Gasteiger partial charge is 0.295 e. The van der Waals surface area contributed by atoms with Crippen LogP contribution in [-0.4, -0.2) is 23.1 Å². The molecule has 1 saturated heterocycles. The number of benzene rings is 2. The highest BCUT2D eigenvalue weighted by Gasteiger charge is 2.43. The summed E-state index contributed by atoms with van der Waals surface area (Å²) in [6.07, 6.45) is 0. The molecule has 0 spiro atoms. The number of imide groups is 1. The van der Waals surface area contributed by atoms with Crippen LogP contribution >= 0.6 is 11.8 Å². The Morgan fingerprint density at radius 3 is 2.18 bits per heavy atom. The number of rotatable bonds is 4. The third kappa shape index (κ3) is 2.60.